The molecule has 1 aliphatic carbocycles. The molecule has 0 aromatic carbocycles. The smallest absolute Gasteiger partial charge is 0.127 e. The van der Waals surface area contributed by atoms with Gasteiger partial charge in [-0.1, -0.05) is 18.9 Å². The molecule has 1 aliphatic rings. The Balaban J connectivity index is 1.88. The molecule has 1 heterocycles. The second kappa shape index (κ2) is 4.30. The van der Waals surface area contributed by atoms with E-state index in [9.17, 15) is 0 Å². The number of nitrogens with one attached hydrogen (secondary N) is 1. The highest BCUT2D eigenvalue weighted by atomic mass is 79.9. The fourth-order valence-corrected chi connectivity index (χ4v) is 2.00. The van der Waals surface area contributed by atoms with Crippen LogP contribution in [0.4, 0.5) is 5.82 Å². The molecule has 1 unspecified atom stereocenters. The first kappa shape index (κ1) is 9.97. The Hall–Kier alpha value is -0.570. The number of nitrogens with zero attached hydrogens (tertiary/aromatic N) is 1. The third-order valence-electron chi connectivity index (χ3n) is 2.49. The number of rotatable bonds is 4. The lowest BCUT2D eigenvalue weighted by Crippen LogP contribution is -2.16. The summed E-state index contributed by atoms with van der Waals surface area (Å²) in [5, 5.41) is 3.41. The summed E-state index contributed by atoms with van der Waals surface area (Å²) in [5.41, 5.74) is 0. The van der Waals surface area contributed by atoms with E-state index in [1.54, 1.807) is 0 Å². The third kappa shape index (κ3) is 2.98. The van der Waals surface area contributed by atoms with Crippen LogP contribution in [0.2, 0.25) is 0 Å². The minimum Gasteiger partial charge on any atom is -0.368 e. The zero-order chi connectivity index (χ0) is 9.97. The lowest BCUT2D eigenvalue weighted by molar-refractivity contribution is 0.640. The van der Waals surface area contributed by atoms with Crippen LogP contribution in [-0.4, -0.2) is 11.0 Å². The molecule has 14 heavy (non-hydrogen) atoms. The molecule has 0 radical (unpaired) electrons. The van der Waals surface area contributed by atoms with Crippen molar-refractivity contribution in [3.05, 3.63) is 22.8 Å². The van der Waals surface area contributed by atoms with Crippen LogP contribution >= 0.6 is 15.9 Å². The van der Waals surface area contributed by atoms with E-state index in [2.05, 4.69) is 33.2 Å². The molecule has 0 bridgehead atoms. The lowest BCUT2D eigenvalue weighted by atomic mass is 10.1. The molecular weight excluding hydrogens is 240 g/mol. The molecule has 76 valence electrons. The van der Waals surface area contributed by atoms with Gasteiger partial charge in [-0.3, -0.25) is 0 Å². The Morgan fingerprint density at radius 3 is 3.00 bits per heavy atom. The molecule has 1 atom stereocenters. The van der Waals surface area contributed by atoms with Crippen molar-refractivity contribution in [3.8, 4) is 0 Å². The number of hydrogen-bond acceptors (Lipinski definition) is 2. The first-order chi connectivity index (χ1) is 6.74. The highest BCUT2D eigenvalue weighted by molar-refractivity contribution is 9.10. The molecule has 1 fully saturated rings. The van der Waals surface area contributed by atoms with E-state index in [0.29, 0.717) is 6.04 Å². The van der Waals surface area contributed by atoms with E-state index in [1.165, 1.54) is 19.3 Å². The summed E-state index contributed by atoms with van der Waals surface area (Å²) in [5.74, 6) is 1.93. The van der Waals surface area contributed by atoms with Gasteiger partial charge in [0.1, 0.15) is 10.4 Å². The highest BCUT2D eigenvalue weighted by Crippen LogP contribution is 2.33. The van der Waals surface area contributed by atoms with E-state index in [0.717, 1.165) is 16.3 Å². The Morgan fingerprint density at radius 1 is 1.57 bits per heavy atom. The highest BCUT2D eigenvalue weighted by Gasteiger charge is 2.23. The van der Waals surface area contributed by atoms with Gasteiger partial charge in [0.15, 0.2) is 0 Å². The third-order valence-corrected chi connectivity index (χ3v) is 2.93. The molecular formula is C11H15BrN2. The van der Waals surface area contributed by atoms with Crippen molar-refractivity contribution in [2.24, 2.45) is 5.92 Å². The second-order valence-electron chi connectivity index (χ2n) is 4.07. The normalized spacial score (nSPS) is 17.9. The number of halogens is 1. The molecule has 1 saturated carbocycles. The largest absolute Gasteiger partial charge is 0.368 e. The molecule has 1 N–H and O–H groups in total. The minimum atomic E-state index is 0.532. The SMILES string of the molecule is CC(CC1CC1)Nc1cccc(Br)n1. The number of aromatic nitrogens is 1. The average Bonchev–Trinajstić information content (AvgIpc) is 2.87. The van der Waals surface area contributed by atoms with E-state index >= 15 is 0 Å². The summed E-state index contributed by atoms with van der Waals surface area (Å²) < 4.78 is 0.890. The molecule has 0 saturated heterocycles. The quantitative estimate of drug-likeness (QED) is 0.833. The summed E-state index contributed by atoms with van der Waals surface area (Å²) in [6, 6.07) is 6.48. The van der Waals surface area contributed by atoms with Gasteiger partial charge in [0.25, 0.3) is 0 Å². The Labute approximate surface area is 93.3 Å². The zero-order valence-electron chi connectivity index (χ0n) is 8.33. The van der Waals surface area contributed by atoms with Crippen molar-refractivity contribution in [2.45, 2.75) is 32.2 Å². The van der Waals surface area contributed by atoms with Crippen LogP contribution in [0.1, 0.15) is 26.2 Å². The molecule has 1 aromatic rings. The number of pyridine rings is 1. The van der Waals surface area contributed by atoms with Gasteiger partial charge >= 0.3 is 0 Å². The molecule has 2 rings (SSSR count). The van der Waals surface area contributed by atoms with Crippen LogP contribution in [0, 0.1) is 5.92 Å². The topological polar surface area (TPSA) is 24.9 Å². The van der Waals surface area contributed by atoms with Crippen molar-refractivity contribution in [2.75, 3.05) is 5.32 Å². The fourth-order valence-electron chi connectivity index (χ4n) is 1.65. The predicted octanol–water partition coefficient (Wildman–Crippen LogP) is 3.44. The maximum Gasteiger partial charge on any atom is 0.127 e. The Bertz CT molecular complexity index is 310. The van der Waals surface area contributed by atoms with Crippen LogP contribution in [-0.2, 0) is 0 Å². The van der Waals surface area contributed by atoms with Crippen molar-refractivity contribution >= 4 is 21.7 Å². The van der Waals surface area contributed by atoms with E-state index in [-0.39, 0.29) is 0 Å². The van der Waals surface area contributed by atoms with Crippen molar-refractivity contribution in [1.82, 2.24) is 4.98 Å². The van der Waals surface area contributed by atoms with Gasteiger partial charge in [0.05, 0.1) is 0 Å². The number of hydrogen-bond donors (Lipinski definition) is 1. The van der Waals surface area contributed by atoms with Crippen molar-refractivity contribution in [3.63, 3.8) is 0 Å². The van der Waals surface area contributed by atoms with Crippen LogP contribution in [0.15, 0.2) is 22.8 Å². The van der Waals surface area contributed by atoms with Gasteiger partial charge in [-0.05, 0) is 47.3 Å². The van der Waals surface area contributed by atoms with Gasteiger partial charge in [-0.2, -0.15) is 0 Å². The van der Waals surface area contributed by atoms with Crippen LogP contribution in [0.5, 0.6) is 0 Å². The summed E-state index contributed by atoms with van der Waals surface area (Å²) in [6.07, 6.45) is 4.10. The maximum atomic E-state index is 4.35. The summed E-state index contributed by atoms with van der Waals surface area (Å²) in [6.45, 7) is 2.22. The molecule has 0 amide bonds. The summed E-state index contributed by atoms with van der Waals surface area (Å²) >= 11 is 3.36. The molecule has 1 aromatic heterocycles. The van der Waals surface area contributed by atoms with Gasteiger partial charge in [0, 0.05) is 6.04 Å². The molecule has 2 nitrogen and oxygen atoms in total. The van der Waals surface area contributed by atoms with Crippen molar-refractivity contribution < 1.29 is 0 Å². The fraction of sp³-hybridized carbons (Fsp3) is 0.545. The monoisotopic (exact) mass is 254 g/mol. The van der Waals surface area contributed by atoms with Gasteiger partial charge < -0.3 is 5.32 Å². The molecule has 0 spiro atoms. The van der Waals surface area contributed by atoms with E-state index in [1.807, 2.05) is 18.2 Å². The van der Waals surface area contributed by atoms with E-state index < -0.39 is 0 Å². The minimum absolute atomic E-state index is 0.532. The zero-order valence-corrected chi connectivity index (χ0v) is 9.92. The predicted molar refractivity (Wildman–Crippen MR) is 62.4 cm³/mol. The summed E-state index contributed by atoms with van der Waals surface area (Å²) in [7, 11) is 0. The maximum absolute atomic E-state index is 4.35. The molecule has 3 heteroatoms. The molecule has 0 aliphatic heterocycles. The standard InChI is InChI=1S/C11H15BrN2/c1-8(7-9-5-6-9)13-11-4-2-3-10(12)14-11/h2-4,8-9H,5-7H2,1H3,(H,13,14). The lowest BCUT2D eigenvalue weighted by Gasteiger charge is -2.13. The number of anilines is 1. The second-order valence-corrected chi connectivity index (χ2v) is 4.88. The Kier molecular flexibility index (Phi) is 3.06. The van der Waals surface area contributed by atoms with Crippen LogP contribution in [0.3, 0.4) is 0 Å². The Morgan fingerprint density at radius 2 is 2.36 bits per heavy atom. The van der Waals surface area contributed by atoms with Crippen LogP contribution < -0.4 is 5.32 Å². The summed E-state index contributed by atoms with van der Waals surface area (Å²) in [4.78, 5) is 4.35. The van der Waals surface area contributed by atoms with E-state index in [4.69, 9.17) is 0 Å². The average molecular weight is 255 g/mol. The van der Waals surface area contributed by atoms with Gasteiger partial charge in [-0.25, -0.2) is 4.98 Å². The van der Waals surface area contributed by atoms with Crippen molar-refractivity contribution in [1.29, 1.82) is 0 Å². The first-order valence-electron chi connectivity index (χ1n) is 5.13. The van der Waals surface area contributed by atoms with Crippen LogP contribution in [0.25, 0.3) is 0 Å². The van der Waals surface area contributed by atoms with Gasteiger partial charge in [0.2, 0.25) is 0 Å². The first-order valence-corrected chi connectivity index (χ1v) is 5.92. The van der Waals surface area contributed by atoms with Gasteiger partial charge in [-0.15, -0.1) is 0 Å².